The first-order valence-electron chi connectivity index (χ1n) is 6.31. The molecule has 102 valence electrons. The fourth-order valence-corrected chi connectivity index (χ4v) is 1.89. The van der Waals surface area contributed by atoms with Gasteiger partial charge in [0.1, 0.15) is 8.07 Å². The van der Waals surface area contributed by atoms with Crippen molar-refractivity contribution >= 4 is 14.0 Å². The summed E-state index contributed by atoms with van der Waals surface area (Å²) in [7, 11) is -1.39. The van der Waals surface area contributed by atoms with E-state index in [0.29, 0.717) is 5.56 Å². The number of carbonyl (C=O) groups is 1. The Morgan fingerprint density at radius 1 is 1.32 bits per heavy atom. The predicted octanol–water partition coefficient (Wildman–Crippen LogP) is 2.51. The Morgan fingerprint density at radius 2 is 1.89 bits per heavy atom. The molecular weight excluding hydrogens is 256 g/mol. The maximum absolute atomic E-state index is 11.4. The van der Waals surface area contributed by atoms with Crippen LogP contribution >= 0.6 is 0 Å². The zero-order valence-electron chi connectivity index (χ0n) is 11.9. The van der Waals surface area contributed by atoms with Gasteiger partial charge in [-0.15, -0.1) is 5.54 Å². The first-order chi connectivity index (χ1) is 8.83. The van der Waals surface area contributed by atoms with Gasteiger partial charge in [0, 0.05) is 5.56 Å². The first-order valence-corrected chi connectivity index (χ1v) is 9.81. The Kier molecular flexibility index (Phi) is 5.34. The zero-order valence-corrected chi connectivity index (χ0v) is 12.9. The summed E-state index contributed by atoms with van der Waals surface area (Å²) in [4.78, 5) is 11.4. The van der Waals surface area contributed by atoms with Crippen molar-refractivity contribution in [3.63, 3.8) is 0 Å². The van der Waals surface area contributed by atoms with Crippen molar-refractivity contribution < 1.29 is 14.6 Å². The Labute approximate surface area is 115 Å². The SMILES string of the molecule is CCOC(=O)C(O)c1ccc(C#C[Si](C)(C)C)cc1. The molecule has 19 heavy (non-hydrogen) atoms. The largest absolute Gasteiger partial charge is 0.464 e. The van der Waals surface area contributed by atoms with E-state index in [4.69, 9.17) is 4.74 Å². The van der Waals surface area contributed by atoms with Gasteiger partial charge >= 0.3 is 5.97 Å². The number of carbonyl (C=O) groups excluding carboxylic acids is 1. The number of aliphatic hydroxyl groups excluding tert-OH is 1. The zero-order chi connectivity index (χ0) is 14.5. The van der Waals surface area contributed by atoms with Crippen LogP contribution in [-0.4, -0.2) is 25.8 Å². The highest BCUT2D eigenvalue weighted by Gasteiger charge is 2.18. The number of esters is 1. The van der Waals surface area contributed by atoms with Crippen molar-refractivity contribution in [2.24, 2.45) is 0 Å². The summed E-state index contributed by atoms with van der Waals surface area (Å²) in [6.45, 7) is 8.51. The molecule has 0 saturated carbocycles. The van der Waals surface area contributed by atoms with Crippen LogP contribution in [0.25, 0.3) is 0 Å². The maximum Gasteiger partial charge on any atom is 0.339 e. The van der Waals surface area contributed by atoms with Gasteiger partial charge in [0.15, 0.2) is 6.10 Å². The number of benzene rings is 1. The quantitative estimate of drug-likeness (QED) is 0.524. The van der Waals surface area contributed by atoms with E-state index in [1.807, 2.05) is 12.1 Å². The molecule has 0 radical (unpaired) electrons. The Balaban J connectivity index is 2.81. The van der Waals surface area contributed by atoms with Crippen molar-refractivity contribution in [2.45, 2.75) is 32.7 Å². The van der Waals surface area contributed by atoms with Crippen LogP contribution in [0.3, 0.4) is 0 Å². The van der Waals surface area contributed by atoms with Crippen LogP contribution in [-0.2, 0) is 9.53 Å². The Morgan fingerprint density at radius 3 is 2.37 bits per heavy atom. The number of rotatable bonds is 3. The van der Waals surface area contributed by atoms with Crippen LogP contribution < -0.4 is 0 Å². The molecule has 0 aromatic heterocycles. The predicted molar refractivity (Wildman–Crippen MR) is 78.3 cm³/mol. The molecule has 0 heterocycles. The van der Waals surface area contributed by atoms with Crippen LogP contribution in [0.2, 0.25) is 19.6 Å². The summed E-state index contributed by atoms with van der Waals surface area (Å²) < 4.78 is 4.77. The summed E-state index contributed by atoms with van der Waals surface area (Å²) in [6, 6.07) is 7.03. The second-order valence-electron chi connectivity index (χ2n) is 5.28. The molecule has 0 amide bonds. The van der Waals surface area contributed by atoms with Crippen LogP contribution in [0.5, 0.6) is 0 Å². The van der Waals surface area contributed by atoms with Crippen LogP contribution in [0.15, 0.2) is 24.3 Å². The lowest BCUT2D eigenvalue weighted by molar-refractivity contribution is -0.153. The highest BCUT2D eigenvalue weighted by molar-refractivity contribution is 6.83. The van der Waals surface area contributed by atoms with Crippen molar-refractivity contribution in [3.05, 3.63) is 35.4 Å². The fraction of sp³-hybridized carbons (Fsp3) is 0.400. The van der Waals surface area contributed by atoms with E-state index in [2.05, 4.69) is 31.1 Å². The standard InChI is InChI=1S/C15H20O3Si/c1-5-18-15(17)14(16)13-8-6-12(7-9-13)10-11-19(2,3)4/h6-9,14,16H,5H2,1-4H3. The smallest absolute Gasteiger partial charge is 0.339 e. The van der Waals surface area contributed by atoms with Gasteiger partial charge in [0.05, 0.1) is 6.61 Å². The summed E-state index contributed by atoms with van der Waals surface area (Å²) in [6.07, 6.45) is -1.22. The summed E-state index contributed by atoms with van der Waals surface area (Å²) >= 11 is 0. The molecule has 0 saturated heterocycles. The topological polar surface area (TPSA) is 46.5 Å². The molecule has 1 atom stereocenters. The highest BCUT2D eigenvalue weighted by atomic mass is 28.3. The van der Waals surface area contributed by atoms with Gasteiger partial charge in [0.25, 0.3) is 0 Å². The summed E-state index contributed by atoms with van der Waals surface area (Å²) in [5.41, 5.74) is 4.68. The lowest BCUT2D eigenvalue weighted by Crippen LogP contribution is -2.16. The average Bonchev–Trinajstić information content (AvgIpc) is 2.35. The van der Waals surface area contributed by atoms with Crippen molar-refractivity contribution in [2.75, 3.05) is 6.61 Å². The van der Waals surface area contributed by atoms with E-state index >= 15 is 0 Å². The monoisotopic (exact) mass is 276 g/mol. The van der Waals surface area contributed by atoms with Gasteiger partial charge in [0.2, 0.25) is 0 Å². The molecular formula is C15H20O3Si. The Bertz CT molecular complexity index is 489. The Hall–Kier alpha value is -1.57. The minimum Gasteiger partial charge on any atom is -0.464 e. The van der Waals surface area contributed by atoms with Crippen LogP contribution in [0.4, 0.5) is 0 Å². The molecule has 0 aliphatic rings. The molecule has 0 aliphatic heterocycles. The van der Waals surface area contributed by atoms with Crippen LogP contribution in [0, 0.1) is 11.5 Å². The molecule has 0 aliphatic carbocycles. The molecule has 3 nitrogen and oxygen atoms in total. The normalized spacial score (nSPS) is 12.3. The molecule has 4 heteroatoms. The molecule has 0 spiro atoms. The number of hydrogen-bond acceptors (Lipinski definition) is 3. The van der Waals surface area contributed by atoms with Gasteiger partial charge < -0.3 is 9.84 Å². The van der Waals surface area contributed by atoms with Gasteiger partial charge in [-0.25, -0.2) is 4.79 Å². The molecule has 1 rings (SSSR count). The van der Waals surface area contributed by atoms with E-state index in [0.717, 1.165) is 5.56 Å². The van der Waals surface area contributed by atoms with Crippen molar-refractivity contribution in [3.8, 4) is 11.5 Å². The van der Waals surface area contributed by atoms with Crippen LogP contribution in [0.1, 0.15) is 24.2 Å². The third-order valence-electron chi connectivity index (χ3n) is 2.32. The molecule has 1 unspecified atom stereocenters. The second-order valence-corrected chi connectivity index (χ2v) is 10.0. The van der Waals surface area contributed by atoms with Gasteiger partial charge in [-0.1, -0.05) is 37.7 Å². The van der Waals surface area contributed by atoms with E-state index in [9.17, 15) is 9.90 Å². The minimum atomic E-state index is -1.39. The first kappa shape index (κ1) is 15.5. The number of aliphatic hydroxyl groups is 1. The number of ether oxygens (including phenoxy) is 1. The van der Waals surface area contributed by atoms with E-state index in [1.165, 1.54) is 0 Å². The van der Waals surface area contributed by atoms with Crippen molar-refractivity contribution in [1.82, 2.24) is 0 Å². The number of hydrogen-bond donors (Lipinski definition) is 1. The van der Waals surface area contributed by atoms with E-state index in [1.54, 1.807) is 19.1 Å². The summed E-state index contributed by atoms with van der Waals surface area (Å²) in [5, 5.41) is 9.77. The second kappa shape index (κ2) is 6.55. The fourth-order valence-electron chi connectivity index (χ4n) is 1.37. The lowest BCUT2D eigenvalue weighted by Gasteiger charge is -2.09. The summed E-state index contributed by atoms with van der Waals surface area (Å²) in [5.74, 6) is 2.50. The third kappa shape index (κ3) is 5.29. The average molecular weight is 276 g/mol. The molecule has 0 fully saturated rings. The lowest BCUT2D eigenvalue weighted by atomic mass is 10.1. The van der Waals surface area contributed by atoms with E-state index in [-0.39, 0.29) is 6.61 Å². The van der Waals surface area contributed by atoms with E-state index < -0.39 is 20.1 Å². The molecule has 0 bridgehead atoms. The van der Waals surface area contributed by atoms with Gasteiger partial charge in [-0.2, -0.15) is 0 Å². The molecule has 1 aromatic rings. The maximum atomic E-state index is 11.4. The molecule has 1 N–H and O–H groups in total. The van der Waals surface area contributed by atoms with Gasteiger partial charge in [-0.3, -0.25) is 0 Å². The minimum absolute atomic E-state index is 0.260. The van der Waals surface area contributed by atoms with Gasteiger partial charge in [-0.05, 0) is 24.6 Å². The highest BCUT2D eigenvalue weighted by Crippen LogP contribution is 2.15. The molecule has 1 aromatic carbocycles. The third-order valence-corrected chi connectivity index (χ3v) is 3.19. The van der Waals surface area contributed by atoms with Crippen molar-refractivity contribution in [1.29, 1.82) is 0 Å².